The van der Waals surface area contributed by atoms with E-state index in [0.717, 1.165) is 55.5 Å². The van der Waals surface area contributed by atoms with Crippen LogP contribution in [0.5, 0.6) is 5.75 Å². The van der Waals surface area contributed by atoms with Crippen LogP contribution in [0, 0.1) is 0 Å². The molecule has 0 unspecified atom stereocenters. The Hall–Kier alpha value is -1.96. The molecule has 1 saturated heterocycles. The normalized spacial score (nSPS) is 15.8. The number of piperazine rings is 1. The van der Waals surface area contributed by atoms with Crippen LogP contribution in [0.4, 0.5) is 0 Å². The maximum atomic E-state index is 12.3. The van der Waals surface area contributed by atoms with E-state index in [9.17, 15) is 4.79 Å². The van der Waals surface area contributed by atoms with E-state index < -0.39 is 0 Å². The molecule has 0 aliphatic carbocycles. The quantitative estimate of drug-likeness (QED) is 0.753. The summed E-state index contributed by atoms with van der Waals surface area (Å²) >= 11 is 1.48. The maximum absolute atomic E-state index is 12.3. The maximum Gasteiger partial charge on any atom is 0.270 e. The van der Waals surface area contributed by atoms with E-state index in [4.69, 9.17) is 4.74 Å². The monoisotopic (exact) mass is 374 g/mol. The summed E-state index contributed by atoms with van der Waals surface area (Å²) in [5.41, 5.74) is 1.48. The van der Waals surface area contributed by atoms with Crippen LogP contribution >= 0.6 is 11.3 Å². The van der Waals surface area contributed by atoms with Gasteiger partial charge in [0, 0.05) is 43.7 Å². The molecule has 140 valence electrons. The zero-order valence-electron chi connectivity index (χ0n) is 15.4. The van der Waals surface area contributed by atoms with Crippen LogP contribution in [0.1, 0.15) is 16.9 Å². The topological polar surface area (TPSA) is 57.7 Å². The van der Waals surface area contributed by atoms with Gasteiger partial charge in [0.05, 0.1) is 7.11 Å². The fraction of sp³-hybridized carbons (Fsp3) is 0.474. The Bertz CT molecular complexity index is 709. The van der Waals surface area contributed by atoms with Crippen LogP contribution in [0.2, 0.25) is 0 Å². The van der Waals surface area contributed by atoms with Crippen molar-refractivity contribution in [3.05, 3.63) is 35.3 Å². The van der Waals surface area contributed by atoms with Crippen molar-refractivity contribution in [3.63, 3.8) is 0 Å². The second kappa shape index (κ2) is 9.12. The van der Waals surface area contributed by atoms with Gasteiger partial charge in [0.1, 0.15) is 16.5 Å². The molecule has 1 aromatic carbocycles. The number of benzene rings is 1. The third-order valence-electron chi connectivity index (χ3n) is 4.61. The lowest BCUT2D eigenvalue weighted by Gasteiger charge is -2.32. The van der Waals surface area contributed by atoms with Crippen LogP contribution in [0.25, 0.3) is 10.6 Å². The fourth-order valence-electron chi connectivity index (χ4n) is 2.91. The zero-order chi connectivity index (χ0) is 18.4. The van der Waals surface area contributed by atoms with Gasteiger partial charge in [0.25, 0.3) is 5.91 Å². The number of amides is 1. The minimum absolute atomic E-state index is 0.0978. The molecule has 1 aliphatic heterocycles. The van der Waals surface area contributed by atoms with Gasteiger partial charge in [-0.15, -0.1) is 11.3 Å². The molecular formula is C19H26N4O2S. The molecule has 0 saturated carbocycles. The van der Waals surface area contributed by atoms with E-state index in [1.54, 1.807) is 7.11 Å². The van der Waals surface area contributed by atoms with Gasteiger partial charge in [-0.25, -0.2) is 4.98 Å². The summed E-state index contributed by atoms with van der Waals surface area (Å²) in [5, 5.41) is 5.64. The predicted octanol–water partition coefficient (Wildman–Crippen LogP) is 2.19. The number of thiazole rings is 1. The average Bonchev–Trinajstić information content (AvgIpc) is 3.17. The Morgan fingerprint density at radius 3 is 2.65 bits per heavy atom. The minimum atomic E-state index is -0.0978. The van der Waals surface area contributed by atoms with Crippen molar-refractivity contribution in [3.8, 4) is 16.3 Å². The summed E-state index contributed by atoms with van der Waals surface area (Å²) in [4.78, 5) is 21.5. The molecule has 0 radical (unpaired) electrons. The number of carbonyl (C=O) groups excluding carboxylic acids is 1. The standard InChI is InChI=1S/C19H26N4O2S/c1-22-10-12-23(13-11-22)9-3-8-20-18(24)17-14-26-19(21-17)15-4-6-16(25-2)7-5-15/h4-7,14H,3,8-13H2,1-2H3,(H,20,24). The number of nitrogens with one attached hydrogen (secondary N) is 1. The SMILES string of the molecule is COc1ccc(-c2nc(C(=O)NCCCN3CCN(C)CC3)cs2)cc1. The van der Waals surface area contributed by atoms with Crippen LogP contribution in [0.3, 0.4) is 0 Å². The Morgan fingerprint density at radius 2 is 1.96 bits per heavy atom. The molecule has 0 spiro atoms. The summed E-state index contributed by atoms with van der Waals surface area (Å²) < 4.78 is 5.17. The minimum Gasteiger partial charge on any atom is -0.497 e. The average molecular weight is 375 g/mol. The van der Waals surface area contributed by atoms with Crippen molar-refractivity contribution in [2.24, 2.45) is 0 Å². The number of carbonyl (C=O) groups is 1. The predicted molar refractivity (Wildman–Crippen MR) is 105 cm³/mol. The Balaban J connectivity index is 1.44. The highest BCUT2D eigenvalue weighted by atomic mass is 32.1. The smallest absolute Gasteiger partial charge is 0.270 e. The van der Waals surface area contributed by atoms with Crippen molar-refractivity contribution < 1.29 is 9.53 Å². The second-order valence-electron chi connectivity index (χ2n) is 6.52. The number of hydrogen-bond donors (Lipinski definition) is 1. The van der Waals surface area contributed by atoms with Crippen molar-refractivity contribution in [2.75, 3.05) is 53.4 Å². The Morgan fingerprint density at radius 1 is 1.23 bits per heavy atom. The summed E-state index contributed by atoms with van der Waals surface area (Å²) in [7, 11) is 3.80. The molecule has 1 aliphatic rings. The summed E-state index contributed by atoms with van der Waals surface area (Å²) in [6, 6.07) is 7.70. The zero-order valence-corrected chi connectivity index (χ0v) is 16.2. The van der Waals surface area contributed by atoms with Crippen molar-refractivity contribution in [2.45, 2.75) is 6.42 Å². The Kier molecular flexibility index (Phi) is 6.60. The summed E-state index contributed by atoms with van der Waals surface area (Å²) in [5.74, 6) is 0.711. The second-order valence-corrected chi connectivity index (χ2v) is 7.38. The molecule has 7 heteroatoms. The van der Waals surface area contributed by atoms with Gasteiger partial charge < -0.3 is 19.9 Å². The molecule has 1 amide bonds. The van der Waals surface area contributed by atoms with Crippen LogP contribution < -0.4 is 10.1 Å². The van der Waals surface area contributed by atoms with E-state index in [2.05, 4.69) is 27.1 Å². The number of likely N-dealkylation sites (N-methyl/N-ethyl adjacent to an activating group) is 1. The first-order valence-corrected chi connectivity index (χ1v) is 9.83. The lowest BCUT2D eigenvalue weighted by atomic mass is 10.2. The van der Waals surface area contributed by atoms with E-state index in [-0.39, 0.29) is 5.91 Å². The van der Waals surface area contributed by atoms with Crippen molar-refractivity contribution in [1.29, 1.82) is 0 Å². The fourth-order valence-corrected chi connectivity index (χ4v) is 3.72. The Labute approximate surface area is 158 Å². The van der Waals surface area contributed by atoms with Gasteiger partial charge in [-0.2, -0.15) is 0 Å². The molecule has 26 heavy (non-hydrogen) atoms. The molecular weight excluding hydrogens is 348 g/mol. The number of methoxy groups -OCH3 is 1. The molecule has 2 aromatic rings. The highest BCUT2D eigenvalue weighted by molar-refractivity contribution is 7.13. The van der Waals surface area contributed by atoms with Crippen LogP contribution in [-0.4, -0.2) is 74.1 Å². The first-order chi connectivity index (χ1) is 12.7. The lowest BCUT2D eigenvalue weighted by molar-refractivity contribution is 0.0945. The van der Waals surface area contributed by atoms with Gasteiger partial charge in [-0.3, -0.25) is 4.79 Å². The van der Waals surface area contributed by atoms with Crippen LogP contribution in [0.15, 0.2) is 29.6 Å². The largest absolute Gasteiger partial charge is 0.497 e. The molecule has 0 bridgehead atoms. The van der Waals surface area contributed by atoms with Gasteiger partial charge in [-0.1, -0.05) is 0 Å². The van der Waals surface area contributed by atoms with Gasteiger partial charge in [0.15, 0.2) is 0 Å². The molecule has 1 N–H and O–H groups in total. The van der Waals surface area contributed by atoms with Crippen LogP contribution in [-0.2, 0) is 0 Å². The number of nitrogens with zero attached hydrogens (tertiary/aromatic N) is 3. The molecule has 1 aromatic heterocycles. The van der Waals surface area contributed by atoms with E-state index in [1.807, 2.05) is 29.6 Å². The number of ether oxygens (including phenoxy) is 1. The molecule has 1 fully saturated rings. The third-order valence-corrected chi connectivity index (χ3v) is 5.50. The highest BCUT2D eigenvalue weighted by Crippen LogP contribution is 2.25. The highest BCUT2D eigenvalue weighted by Gasteiger charge is 2.14. The molecule has 3 rings (SSSR count). The number of rotatable bonds is 7. The van der Waals surface area contributed by atoms with Gasteiger partial charge in [-0.05, 0) is 44.3 Å². The molecule has 6 nitrogen and oxygen atoms in total. The number of hydrogen-bond acceptors (Lipinski definition) is 6. The first-order valence-electron chi connectivity index (χ1n) is 8.95. The number of aromatic nitrogens is 1. The summed E-state index contributed by atoms with van der Waals surface area (Å²) in [6.07, 6.45) is 0.963. The van der Waals surface area contributed by atoms with Crippen molar-refractivity contribution in [1.82, 2.24) is 20.1 Å². The van der Waals surface area contributed by atoms with E-state index >= 15 is 0 Å². The summed E-state index contributed by atoms with van der Waals surface area (Å²) in [6.45, 7) is 6.19. The van der Waals surface area contributed by atoms with E-state index in [0.29, 0.717) is 12.2 Å². The third kappa shape index (κ3) is 5.03. The van der Waals surface area contributed by atoms with Crippen molar-refractivity contribution >= 4 is 17.2 Å². The molecule has 0 atom stereocenters. The first kappa shape index (κ1) is 18.8. The van der Waals surface area contributed by atoms with Gasteiger partial charge >= 0.3 is 0 Å². The molecule has 2 heterocycles. The lowest BCUT2D eigenvalue weighted by Crippen LogP contribution is -2.45. The van der Waals surface area contributed by atoms with Gasteiger partial charge in [0.2, 0.25) is 0 Å². The van der Waals surface area contributed by atoms with E-state index in [1.165, 1.54) is 11.3 Å².